The van der Waals surface area contributed by atoms with Gasteiger partial charge in [0.05, 0.1) is 42.3 Å². The second kappa shape index (κ2) is 11.5. The Bertz CT molecular complexity index is 590. The molecule has 9 heteroatoms. The zero-order valence-electron chi connectivity index (χ0n) is 18.3. The monoisotopic (exact) mass is 408 g/mol. The molecular weight excluding hydrogens is 372 g/mol. The molecule has 0 spiro atoms. The van der Waals surface area contributed by atoms with Crippen molar-refractivity contribution < 1.29 is 36.1 Å². The molecule has 0 aliphatic carbocycles. The zero-order valence-corrected chi connectivity index (χ0v) is 19.1. The summed E-state index contributed by atoms with van der Waals surface area (Å²) in [5, 5.41) is 0. The summed E-state index contributed by atoms with van der Waals surface area (Å²) in [5.74, 6) is 0.301. The highest BCUT2D eigenvalue weighted by Crippen LogP contribution is 2.08. The van der Waals surface area contributed by atoms with Crippen LogP contribution in [0.15, 0.2) is 24.3 Å². The average Bonchev–Trinajstić information content (AvgIpc) is 2.40. The van der Waals surface area contributed by atoms with Crippen LogP contribution in [0, 0.1) is 0 Å². The van der Waals surface area contributed by atoms with Gasteiger partial charge in [-0.05, 0) is 38.8 Å². The Morgan fingerprint density at radius 2 is 0.889 bits per heavy atom. The third-order valence-corrected chi connectivity index (χ3v) is 3.92. The summed E-state index contributed by atoms with van der Waals surface area (Å²) < 4.78 is 35.4. The van der Waals surface area contributed by atoms with Crippen LogP contribution in [0.1, 0.15) is 27.7 Å². The summed E-state index contributed by atoms with van der Waals surface area (Å²) >= 11 is 0. The number of carbonyl (C=O) groups is 2. The molecule has 0 aliphatic heterocycles. The number of carbonyl (C=O) groups excluding carboxylic acids is 2. The fourth-order valence-corrected chi connectivity index (χ4v) is 1.42. The molecule has 2 unspecified atom stereocenters. The smallest absolute Gasteiger partial charge is 0.214 e. The molecule has 0 amide bonds. The molecule has 0 bridgehead atoms. The van der Waals surface area contributed by atoms with Crippen LogP contribution < -0.4 is 0 Å². The number of nitrogens with zero attached hydrogens (tertiary/aromatic N) is 2. The van der Waals surface area contributed by atoms with Crippen molar-refractivity contribution in [3.05, 3.63) is 24.3 Å². The third kappa shape index (κ3) is 17.8. The van der Waals surface area contributed by atoms with E-state index in [-0.39, 0.29) is 23.7 Å². The molecule has 0 aliphatic rings. The molecule has 0 radical (unpaired) electrons. The Balaban J connectivity index is -0.000000344. The number of Topliss-reactive ketones (excluding diaryl/α,β-unsaturated/α-hetero) is 2. The molecule has 8 nitrogen and oxygen atoms in total. The van der Waals surface area contributed by atoms with Gasteiger partial charge in [-0.2, -0.15) is 0 Å². The van der Waals surface area contributed by atoms with Crippen LogP contribution in [0.2, 0.25) is 0 Å². The molecule has 0 aromatic rings. The Kier molecular flexibility index (Phi) is 12.9. The van der Waals surface area contributed by atoms with Crippen LogP contribution in [-0.4, -0.2) is 92.4 Å². The van der Waals surface area contributed by atoms with Gasteiger partial charge in [0, 0.05) is 10.4 Å². The lowest BCUT2D eigenvalue weighted by molar-refractivity contribution is -0.884. The average molecular weight is 409 g/mol. The number of hydrogen-bond donors (Lipinski definition) is 0. The van der Waals surface area contributed by atoms with Crippen molar-refractivity contribution in [1.29, 1.82) is 0 Å². The molecular formula is C18H36N2O6S. The highest BCUT2D eigenvalue weighted by Gasteiger charge is 2.26. The molecule has 0 saturated carbocycles. The first-order chi connectivity index (χ1) is 11.5. The van der Waals surface area contributed by atoms with Crippen LogP contribution in [0.5, 0.6) is 0 Å². The van der Waals surface area contributed by atoms with Gasteiger partial charge in [0.15, 0.2) is 0 Å². The topological polar surface area (TPSA) is 114 Å². The minimum atomic E-state index is -5.17. The van der Waals surface area contributed by atoms with E-state index in [1.54, 1.807) is 13.8 Å². The molecule has 0 rings (SSSR count). The van der Waals surface area contributed by atoms with Crippen LogP contribution >= 0.6 is 0 Å². The molecule has 160 valence electrons. The van der Waals surface area contributed by atoms with Gasteiger partial charge in [0.25, 0.3) is 0 Å². The minimum Gasteiger partial charge on any atom is -0.759 e. The summed E-state index contributed by atoms with van der Waals surface area (Å²) in [6.45, 7) is 14.6. The predicted molar refractivity (Wildman–Crippen MR) is 105 cm³/mol. The highest BCUT2D eigenvalue weighted by atomic mass is 32.3. The first kappa shape index (κ1) is 30.3. The second-order valence-electron chi connectivity index (χ2n) is 8.28. The van der Waals surface area contributed by atoms with Gasteiger partial charge in [-0.25, -0.2) is 0 Å². The first-order valence-electron chi connectivity index (χ1n) is 8.21. The molecule has 0 fully saturated rings. The number of ketones is 2. The van der Waals surface area contributed by atoms with Gasteiger partial charge in [-0.1, -0.05) is 13.2 Å². The fraction of sp³-hybridized carbons (Fsp3) is 0.667. The lowest BCUT2D eigenvalue weighted by atomic mass is 10.1. The van der Waals surface area contributed by atoms with E-state index in [0.717, 1.165) is 0 Å². The molecule has 27 heavy (non-hydrogen) atoms. The lowest BCUT2D eigenvalue weighted by Crippen LogP contribution is -2.48. The van der Waals surface area contributed by atoms with E-state index < -0.39 is 10.4 Å². The van der Waals surface area contributed by atoms with Gasteiger partial charge >= 0.3 is 0 Å². The van der Waals surface area contributed by atoms with Crippen molar-refractivity contribution in [2.45, 2.75) is 39.8 Å². The van der Waals surface area contributed by atoms with Crippen molar-refractivity contribution in [2.24, 2.45) is 0 Å². The van der Waals surface area contributed by atoms with Crippen molar-refractivity contribution in [3.63, 3.8) is 0 Å². The predicted octanol–water partition coefficient (Wildman–Crippen LogP) is 1.11. The Hall–Kier alpha value is -1.39. The van der Waals surface area contributed by atoms with E-state index in [0.29, 0.717) is 20.1 Å². The van der Waals surface area contributed by atoms with E-state index in [1.807, 2.05) is 56.1 Å². The number of hydrogen-bond acceptors (Lipinski definition) is 6. The standard InChI is InChI=1S/2C9H18NO.H2O4S/c2*1-7(2)9(11)8(3)10(4,5)6;1-5(2,3)4/h2*8H,1H2,2-6H3;(H2,1,2,3,4)/q2*+1;/p-2. The summed E-state index contributed by atoms with van der Waals surface area (Å²) in [6, 6.07) is 0.0139. The molecule has 0 saturated heterocycles. The van der Waals surface area contributed by atoms with E-state index >= 15 is 0 Å². The van der Waals surface area contributed by atoms with E-state index in [9.17, 15) is 9.59 Å². The number of quaternary nitrogens is 2. The SMILES string of the molecule is C=C(C)C(=O)C(C)[N+](C)(C)C.C=C(C)C(=O)C(C)[N+](C)(C)C.O=S(=O)([O-])[O-]. The van der Waals surface area contributed by atoms with E-state index in [4.69, 9.17) is 17.5 Å². The van der Waals surface area contributed by atoms with Gasteiger partial charge in [-0.3, -0.25) is 18.0 Å². The molecule has 0 N–H and O–H groups in total. The Morgan fingerprint density at radius 3 is 0.926 bits per heavy atom. The highest BCUT2D eigenvalue weighted by molar-refractivity contribution is 7.79. The maximum atomic E-state index is 11.4. The summed E-state index contributed by atoms with van der Waals surface area (Å²) in [7, 11) is 6.87. The van der Waals surface area contributed by atoms with Crippen molar-refractivity contribution in [3.8, 4) is 0 Å². The first-order valence-corrected chi connectivity index (χ1v) is 9.55. The minimum absolute atomic E-state index is 0.00694. The van der Waals surface area contributed by atoms with E-state index in [1.165, 1.54) is 0 Å². The quantitative estimate of drug-likeness (QED) is 0.281. The number of likely N-dealkylation sites (N-methyl/N-ethyl adjacent to an activating group) is 2. The Labute approximate surface area is 164 Å². The van der Waals surface area contributed by atoms with Gasteiger partial charge < -0.3 is 18.1 Å². The third-order valence-electron chi connectivity index (χ3n) is 3.92. The summed E-state index contributed by atoms with van der Waals surface area (Å²) in [4.78, 5) is 22.7. The lowest BCUT2D eigenvalue weighted by Gasteiger charge is -2.30. The summed E-state index contributed by atoms with van der Waals surface area (Å²) in [5.41, 5.74) is 1.29. The van der Waals surface area contributed by atoms with Crippen LogP contribution in [0.3, 0.4) is 0 Å². The van der Waals surface area contributed by atoms with Gasteiger partial charge in [-0.15, -0.1) is 0 Å². The van der Waals surface area contributed by atoms with Gasteiger partial charge in [0.2, 0.25) is 11.6 Å². The van der Waals surface area contributed by atoms with Crippen LogP contribution in [0.25, 0.3) is 0 Å². The van der Waals surface area contributed by atoms with Crippen molar-refractivity contribution >= 4 is 22.0 Å². The van der Waals surface area contributed by atoms with Crippen molar-refractivity contribution in [1.82, 2.24) is 0 Å². The maximum absolute atomic E-state index is 11.4. The molecule has 0 heterocycles. The second-order valence-corrected chi connectivity index (χ2v) is 9.10. The van der Waals surface area contributed by atoms with E-state index in [2.05, 4.69) is 13.2 Å². The molecule has 2 atom stereocenters. The van der Waals surface area contributed by atoms with Gasteiger partial charge in [0.1, 0.15) is 12.1 Å². The molecule has 0 aromatic heterocycles. The fourth-order valence-electron chi connectivity index (χ4n) is 1.42. The van der Waals surface area contributed by atoms with Crippen LogP contribution in [-0.2, 0) is 20.0 Å². The zero-order chi connectivity index (χ0) is 23.0. The normalized spacial score (nSPS) is 13.8. The summed E-state index contributed by atoms with van der Waals surface area (Å²) in [6.07, 6.45) is 0. The van der Waals surface area contributed by atoms with Crippen LogP contribution in [0.4, 0.5) is 0 Å². The molecule has 0 aromatic carbocycles. The maximum Gasteiger partial charge on any atom is 0.214 e. The Morgan fingerprint density at radius 1 is 0.741 bits per heavy atom. The number of rotatable bonds is 6. The largest absolute Gasteiger partial charge is 0.759 e. The van der Waals surface area contributed by atoms with Crippen molar-refractivity contribution in [2.75, 3.05) is 42.3 Å².